The van der Waals surface area contributed by atoms with Gasteiger partial charge in [-0.25, -0.2) is 4.79 Å². The van der Waals surface area contributed by atoms with Crippen molar-refractivity contribution in [2.45, 2.75) is 0 Å². The Balaban J connectivity index is 1.97. The molecule has 0 fully saturated rings. The lowest BCUT2D eigenvalue weighted by Crippen LogP contribution is -2.07. The van der Waals surface area contributed by atoms with Crippen LogP contribution in [0.4, 0.5) is 11.4 Å². The highest BCUT2D eigenvalue weighted by Crippen LogP contribution is 2.14. The summed E-state index contributed by atoms with van der Waals surface area (Å²) in [5.41, 5.74) is 3.23. The number of allylic oxidation sites excluding steroid dienone is 1. The summed E-state index contributed by atoms with van der Waals surface area (Å²) in [6.45, 7) is 0. The van der Waals surface area contributed by atoms with Gasteiger partial charge in [-0.2, -0.15) is 0 Å². The molecular formula is C18H18N2O2. The van der Waals surface area contributed by atoms with E-state index in [-0.39, 0.29) is 5.56 Å². The molecule has 0 saturated heterocycles. The summed E-state index contributed by atoms with van der Waals surface area (Å²) in [4.78, 5) is 17.0. The highest BCUT2D eigenvalue weighted by Gasteiger charge is 2.00. The monoisotopic (exact) mass is 294 g/mol. The molecule has 0 aliphatic rings. The van der Waals surface area contributed by atoms with Crippen LogP contribution in [0.3, 0.4) is 0 Å². The summed E-state index contributed by atoms with van der Waals surface area (Å²) in [5.74, 6) is -0.934. The van der Waals surface area contributed by atoms with Gasteiger partial charge in [0.1, 0.15) is 0 Å². The number of benzene rings is 2. The molecular weight excluding hydrogens is 276 g/mol. The zero-order chi connectivity index (χ0) is 15.9. The van der Waals surface area contributed by atoms with Gasteiger partial charge in [-0.1, -0.05) is 18.2 Å². The second-order valence-electron chi connectivity index (χ2n) is 4.98. The third kappa shape index (κ3) is 4.31. The van der Waals surface area contributed by atoms with Crippen LogP contribution in [0.25, 0.3) is 6.08 Å². The van der Waals surface area contributed by atoms with Crippen molar-refractivity contribution in [2.24, 2.45) is 4.99 Å². The zero-order valence-electron chi connectivity index (χ0n) is 12.6. The summed E-state index contributed by atoms with van der Waals surface area (Å²) in [6, 6.07) is 14.6. The van der Waals surface area contributed by atoms with Gasteiger partial charge in [-0.05, 0) is 48.0 Å². The lowest BCUT2D eigenvalue weighted by atomic mass is 10.2. The van der Waals surface area contributed by atoms with Crippen LogP contribution in [0.15, 0.2) is 59.6 Å². The first-order chi connectivity index (χ1) is 10.6. The molecule has 0 heterocycles. The van der Waals surface area contributed by atoms with Crippen LogP contribution >= 0.6 is 0 Å². The van der Waals surface area contributed by atoms with Gasteiger partial charge < -0.3 is 10.0 Å². The van der Waals surface area contributed by atoms with E-state index < -0.39 is 5.97 Å². The molecule has 0 aliphatic heterocycles. The number of anilines is 1. The van der Waals surface area contributed by atoms with Crippen LogP contribution in [0.2, 0.25) is 0 Å². The lowest BCUT2D eigenvalue weighted by Gasteiger charge is -2.11. The molecule has 4 nitrogen and oxygen atoms in total. The van der Waals surface area contributed by atoms with Crippen molar-refractivity contribution < 1.29 is 9.90 Å². The fraction of sp³-hybridized carbons (Fsp3) is 0.111. The van der Waals surface area contributed by atoms with E-state index in [0.29, 0.717) is 0 Å². The highest BCUT2D eigenvalue weighted by molar-refractivity contribution is 5.88. The maximum absolute atomic E-state index is 10.7. The first-order valence-corrected chi connectivity index (χ1v) is 6.88. The molecule has 4 heteroatoms. The second-order valence-corrected chi connectivity index (χ2v) is 4.98. The highest BCUT2D eigenvalue weighted by atomic mass is 16.4. The Kier molecular flexibility index (Phi) is 5.09. The number of carbonyl (C=O) groups is 1. The van der Waals surface area contributed by atoms with Gasteiger partial charge in [0, 0.05) is 26.0 Å². The van der Waals surface area contributed by atoms with Crippen molar-refractivity contribution in [1.82, 2.24) is 0 Å². The van der Waals surface area contributed by atoms with Crippen molar-refractivity contribution in [3.8, 4) is 0 Å². The van der Waals surface area contributed by atoms with E-state index in [2.05, 4.69) is 22.0 Å². The number of hydrogen-bond donors (Lipinski definition) is 1. The zero-order valence-corrected chi connectivity index (χ0v) is 12.6. The Morgan fingerprint density at radius 1 is 1.05 bits per heavy atom. The average Bonchev–Trinajstić information content (AvgIpc) is 2.52. The minimum absolute atomic E-state index is 0.260. The van der Waals surface area contributed by atoms with Crippen LogP contribution < -0.4 is 4.90 Å². The number of aromatic carboxylic acids is 1. The van der Waals surface area contributed by atoms with Crippen molar-refractivity contribution in [3.63, 3.8) is 0 Å². The standard InChI is InChI=1S/C18H18N2O2/c1-20(2)17-11-5-14(6-12-17)4-3-13-19-16-9-7-15(8-10-16)18(21)22/h3-13H,1-2H3,(H,21,22)/b4-3+,19-13?. The molecule has 0 spiro atoms. The van der Waals surface area contributed by atoms with Gasteiger partial charge in [0.25, 0.3) is 0 Å². The molecule has 0 aliphatic carbocycles. The van der Waals surface area contributed by atoms with E-state index >= 15 is 0 Å². The Labute approximate surface area is 130 Å². The molecule has 0 aromatic heterocycles. The van der Waals surface area contributed by atoms with Gasteiger partial charge in [0.05, 0.1) is 11.3 Å². The summed E-state index contributed by atoms with van der Waals surface area (Å²) < 4.78 is 0. The summed E-state index contributed by atoms with van der Waals surface area (Å²) >= 11 is 0. The number of rotatable bonds is 5. The largest absolute Gasteiger partial charge is 0.478 e. The molecule has 2 aromatic rings. The molecule has 22 heavy (non-hydrogen) atoms. The molecule has 2 rings (SSSR count). The topological polar surface area (TPSA) is 52.9 Å². The van der Waals surface area contributed by atoms with E-state index in [1.54, 1.807) is 30.5 Å². The number of hydrogen-bond acceptors (Lipinski definition) is 3. The van der Waals surface area contributed by atoms with Gasteiger partial charge >= 0.3 is 5.97 Å². The van der Waals surface area contributed by atoms with Crippen molar-refractivity contribution in [1.29, 1.82) is 0 Å². The summed E-state index contributed by atoms with van der Waals surface area (Å²) in [6.07, 6.45) is 5.51. The maximum atomic E-state index is 10.7. The van der Waals surface area contributed by atoms with Crippen LogP contribution in [-0.2, 0) is 0 Å². The SMILES string of the molecule is CN(C)c1ccc(/C=C/C=Nc2ccc(C(=O)O)cc2)cc1. The van der Waals surface area contributed by atoms with Gasteiger partial charge in [0.2, 0.25) is 0 Å². The number of nitrogens with zero attached hydrogens (tertiary/aromatic N) is 2. The first-order valence-electron chi connectivity index (χ1n) is 6.88. The molecule has 0 amide bonds. The lowest BCUT2D eigenvalue weighted by molar-refractivity contribution is 0.0697. The molecule has 0 atom stereocenters. The predicted octanol–water partition coefficient (Wildman–Crippen LogP) is 3.87. The molecule has 2 aromatic carbocycles. The van der Waals surface area contributed by atoms with Crippen molar-refractivity contribution in [3.05, 3.63) is 65.7 Å². The van der Waals surface area contributed by atoms with E-state index in [4.69, 9.17) is 5.11 Å². The quantitative estimate of drug-likeness (QED) is 0.852. The maximum Gasteiger partial charge on any atom is 0.335 e. The minimum atomic E-state index is -0.934. The number of aliphatic imine (C=N–C) groups is 1. The fourth-order valence-corrected chi connectivity index (χ4v) is 1.86. The minimum Gasteiger partial charge on any atom is -0.478 e. The summed E-state index contributed by atoms with van der Waals surface area (Å²) in [7, 11) is 4.01. The normalized spacial score (nSPS) is 11.2. The molecule has 0 unspecified atom stereocenters. The third-order valence-corrected chi connectivity index (χ3v) is 3.12. The molecule has 0 radical (unpaired) electrons. The van der Waals surface area contributed by atoms with Gasteiger partial charge in [-0.3, -0.25) is 4.99 Å². The number of carboxylic acids is 1. The van der Waals surface area contributed by atoms with Crippen LogP contribution in [-0.4, -0.2) is 31.4 Å². The second kappa shape index (κ2) is 7.22. The van der Waals surface area contributed by atoms with E-state index in [0.717, 1.165) is 16.9 Å². The Morgan fingerprint density at radius 3 is 2.23 bits per heavy atom. The smallest absolute Gasteiger partial charge is 0.335 e. The average molecular weight is 294 g/mol. The van der Waals surface area contributed by atoms with Crippen LogP contribution in [0.1, 0.15) is 15.9 Å². The van der Waals surface area contributed by atoms with Gasteiger partial charge in [0.15, 0.2) is 0 Å². The van der Waals surface area contributed by atoms with E-state index in [9.17, 15) is 4.79 Å². The Bertz CT molecular complexity index is 684. The molecule has 0 saturated carbocycles. The number of carboxylic acid groups (broad SMARTS) is 1. The Hall–Kier alpha value is -2.88. The van der Waals surface area contributed by atoms with Crippen molar-refractivity contribution >= 4 is 29.6 Å². The van der Waals surface area contributed by atoms with Crippen LogP contribution in [0, 0.1) is 0 Å². The fourth-order valence-electron chi connectivity index (χ4n) is 1.86. The van der Waals surface area contributed by atoms with E-state index in [1.807, 2.05) is 38.4 Å². The predicted molar refractivity (Wildman–Crippen MR) is 91.4 cm³/mol. The summed E-state index contributed by atoms with van der Waals surface area (Å²) in [5, 5.41) is 8.82. The van der Waals surface area contributed by atoms with Crippen LogP contribution in [0.5, 0.6) is 0 Å². The Morgan fingerprint density at radius 2 is 1.68 bits per heavy atom. The molecule has 112 valence electrons. The van der Waals surface area contributed by atoms with Crippen molar-refractivity contribution in [2.75, 3.05) is 19.0 Å². The van der Waals surface area contributed by atoms with Gasteiger partial charge in [-0.15, -0.1) is 0 Å². The molecule has 0 bridgehead atoms. The first kappa shape index (κ1) is 15.5. The molecule has 1 N–H and O–H groups in total. The third-order valence-electron chi connectivity index (χ3n) is 3.12. The van der Waals surface area contributed by atoms with E-state index in [1.165, 1.54) is 0 Å².